The van der Waals surface area contributed by atoms with Crippen LogP contribution in [0.3, 0.4) is 0 Å². The van der Waals surface area contributed by atoms with E-state index in [4.69, 9.17) is 11.6 Å². The Labute approximate surface area is 105 Å². The molecule has 90 valence electrons. The van der Waals surface area contributed by atoms with Crippen molar-refractivity contribution < 1.29 is 18.8 Å². The highest BCUT2D eigenvalue weighted by Gasteiger charge is 2.35. The van der Waals surface area contributed by atoms with Crippen LogP contribution in [0, 0.1) is 0 Å². The van der Waals surface area contributed by atoms with Gasteiger partial charge in [0.15, 0.2) is 0 Å². The van der Waals surface area contributed by atoms with Crippen LogP contribution in [0.2, 0.25) is 0 Å². The van der Waals surface area contributed by atoms with Gasteiger partial charge in [0, 0.05) is 0 Å². The van der Waals surface area contributed by atoms with E-state index in [2.05, 4.69) is 4.74 Å². The van der Waals surface area contributed by atoms with E-state index in [0.29, 0.717) is 0 Å². The van der Waals surface area contributed by atoms with Gasteiger partial charge in [0.05, 0.1) is 16.6 Å². The van der Waals surface area contributed by atoms with Crippen LogP contribution in [0.5, 0.6) is 0 Å². The van der Waals surface area contributed by atoms with Crippen LogP contribution in [-0.4, -0.2) is 21.6 Å². The maximum absolute atomic E-state index is 12.0. The SMILES string of the molecule is O=C1O[C@H](O)C([S@@](=O)Cc2ccccc2)=C1Cl. The molecule has 0 saturated carbocycles. The van der Waals surface area contributed by atoms with E-state index in [0.717, 1.165) is 5.56 Å². The minimum absolute atomic E-state index is 0.0551. The molecule has 1 aromatic rings. The Morgan fingerprint density at radius 2 is 2.00 bits per heavy atom. The number of aliphatic hydroxyl groups excluding tert-OH is 1. The molecular formula is C11H9ClO4S. The third kappa shape index (κ3) is 2.57. The largest absolute Gasteiger partial charge is 0.426 e. The van der Waals surface area contributed by atoms with Crippen molar-refractivity contribution in [2.45, 2.75) is 12.0 Å². The van der Waals surface area contributed by atoms with E-state index >= 15 is 0 Å². The maximum Gasteiger partial charge on any atom is 0.353 e. The van der Waals surface area contributed by atoms with E-state index in [1.54, 1.807) is 12.1 Å². The number of ether oxygens (including phenoxy) is 1. The highest BCUT2D eigenvalue weighted by atomic mass is 35.5. The van der Waals surface area contributed by atoms with Gasteiger partial charge in [-0.05, 0) is 5.56 Å². The summed E-state index contributed by atoms with van der Waals surface area (Å²) < 4.78 is 16.4. The van der Waals surface area contributed by atoms with E-state index in [9.17, 15) is 14.1 Å². The van der Waals surface area contributed by atoms with Crippen LogP contribution in [0.25, 0.3) is 0 Å². The molecule has 2 rings (SSSR count). The second-order valence-electron chi connectivity index (χ2n) is 3.41. The van der Waals surface area contributed by atoms with Crippen LogP contribution < -0.4 is 0 Å². The normalized spacial score (nSPS) is 21.5. The average Bonchev–Trinajstić information content (AvgIpc) is 2.54. The summed E-state index contributed by atoms with van der Waals surface area (Å²) in [5.41, 5.74) is 0.828. The number of halogens is 1. The highest BCUT2D eigenvalue weighted by Crippen LogP contribution is 2.28. The maximum atomic E-state index is 12.0. The first kappa shape index (κ1) is 12.3. The molecule has 0 radical (unpaired) electrons. The summed E-state index contributed by atoms with van der Waals surface area (Å²) in [6, 6.07) is 9.08. The lowest BCUT2D eigenvalue weighted by Gasteiger charge is -2.06. The molecule has 2 atom stereocenters. The van der Waals surface area contributed by atoms with Gasteiger partial charge in [-0.3, -0.25) is 4.21 Å². The number of carbonyl (C=O) groups is 1. The van der Waals surface area contributed by atoms with Crippen molar-refractivity contribution in [2.24, 2.45) is 0 Å². The highest BCUT2D eigenvalue weighted by molar-refractivity contribution is 7.88. The first-order valence-electron chi connectivity index (χ1n) is 4.80. The van der Waals surface area contributed by atoms with E-state index < -0.39 is 23.1 Å². The fourth-order valence-corrected chi connectivity index (χ4v) is 3.03. The third-order valence-corrected chi connectivity index (χ3v) is 4.19. The monoisotopic (exact) mass is 272 g/mol. The lowest BCUT2D eigenvalue weighted by Crippen LogP contribution is -2.14. The summed E-state index contributed by atoms with van der Waals surface area (Å²) in [4.78, 5) is 11.0. The zero-order valence-electron chi connectivity index (χ0n) is 8.63. The molecule has 0 unspecified atom stereocenters. The van der Waals surface area contributed by atoms with Gasteiger partial charge in [0.2, 0.25) is 6.29 Å². The van der Waals surface area contributed by atoms with Gasteiger partial charge in [-0.15, -0.1) is 0 Å². The standard InChI is InChI=1S/C11H9ClO4S/c12-8-9(11(14)16-10(8)13)17(15)6-7-4-2-1-3-5-7/h1-5,11,14H,6H2/t11-,17-/m0/s1. The van der Waals surface area contributed by atoms with Gasteiger partial charge in [-0.25, -0.2) is 4.79 Å². The molecule has 0 amide bonds. The summed E-state index contributed by atoms with van der Waals surface area (Å²) in [7, 11) is -1.58. The third-order valence-electron chi connectivity index (χ3n) is 2.22. The molecule has 4 nitrogen and oxygen atoms in total. The Hall–Kier alpha value is -1.17. The predicted molar refractivity (Wildman–Crippen MR) is 63.3 cm³/mol. The average molecular weight is 273 g/mol. The molecule has 6 heteroatoms. The lowest BCUT2D eigenvalue weighted by atomic mass is 10.2. The number of aliphatic hydroxyl groups is 1. The lowest BCUT2D eigenvalue weighted by molar-refractivity contribution is -0.150. The summed E-state index contributed by atoms with van der Waals surface area (Å²) in [6.45, 7) is 0. The van der Waals surface area contributed by atoms with Crippen molar-refractivity contribution in [3.8, 4) is 0 Å². The molecule has 0 aliphatic carbocycles. The number of carbonyl (C=O) groups excluding carboxylic acids is 1. The Balaban J connectivity index is 2.19. The predicted octanol–water partition coefficient (Wildman–Crippen LogP) is 1.26. The number of rotatable bonds is 3. The van der Waals surface area contributed by atoms with E-state index in [1.807, 2.05) is 18.2 Å². The summed E-state index contributed by atoms with van der Waals surface area (Å²) in [5, 5.41) is 9.11. The topological polar surface area (TPSA) is 63.6 Å². The van der Waals surface area contributed by atoms with Gasteiger partial charge in [0.25, 0.3) is 0 Å². The molecular weight excluding hydrogens is 264 g/mol. The van der Waals surface area contributed by atoms with Gasteiger partial charge >= 0.3 is 5.97 Å². The van der Waals surface area contributed by atoms with Gasteiger partial charge < -0.3 is 9.84 Å². The minimum Gasteiger partial charge on any atom is -0.426 e. The second-order valence-corrected chi connectivity index (χ2v) is 5.21. The Bertz CT molecular complexity index is 497. The molecule has 0 bridgehead atoms. The van der Waals surface area contributed by atoms with E-state index in [-0.39, 0.29) is 15.7 Å². The zero-order chi connectivity index (χ0) is 12.4. The van der Waals surface area contributed by atoms with E-state index in [1.165, 1.54) is 0 Å². The van der Waals surface area contributed by atoms with Crippen LogP contribution in [-0.2, 0) is 26.1 Å². The number of cyclic esters (lactones) is 1. The van der Waals surface area contributed by atoms with Crippen molar-refractivity contribution in [1.29, 1.82) is 0 Å². The molecule has 1 aliphatic heterocycles. The molecule has 1 aromatic carbocycles. The van der Waals surface area contributed by atoms with Crippen LogP contribution >= 0.6 is 11.6 Å². The quantitative estimate of drug-likeness (QED) is 0.842. The Kier molecular flexibility index (Phi) is 3.61. The Morgan fingerprint density at radius 3 is 2.53 bits per heavy atom. The first-order valence-corrected chi connectivity index (χ1v) is 6.50. The fraction of sp³-hybridized carbons (Fsp3) is 0.182. The fourth-order valence-electron chi connectivity index (χ4n) is 1.43. The summed E-state index contributed by atoms with van der Waals surface area (Å²) in [6.07, 6.45) is -1.50. The van der Waals surface area contributed by atoms with Crippen molar-refractivity contribution in [3.63, 3.8) is 0 Å². The first-order chi connectivity index (χ1) is 8.09. The van der Waals surface area contributed by atoms with Crippen molar-refractivity contribution >= 4 is 28.4 Å². The minimum atomic E-state index is -1.58. The number of hydrogen-bond acceptors (Lipinski definition) is 4. The second kappa shape index (κ2) is 5.00. The van der Waals surface area contributed by atoms with Crippen molar-refractivity contribution in [2.75, 3.05) is 0 Å². The molecule has 0 saturated heterocycles. The molecule has 0 spiro atoms. The van der Waals surface area contributed by atoms with Crippen molar-refractivity contribution in [3.05, 3.63) is 45.8 Å². The van der Waals surface area contributed by atoms with Crippen LogP contribution in [0.15, 0.2) is 40.3 Å². The molecule has 0 aromatic heterocycles. The zero-order valence-corrected chi connectivity index (χ0v) is 10.2. The van der Waals surface area contributed by atoms with Gasteiger partial charge in [0.1, 0.15) is 9.94 Å². The van der Waals surface area contributed by atoms with Crippen molar-refractivity contribution in [1.82, 2.24) is 0 Å². The smallest absolute Gasteiger partial charge is 0.353 e. The molecule has 1 aliphatic rings. The summed E-state index contributed by atoms with van der Waals surface area (Å²) in [5.74, 6) is -0.657. The summed E-state index contributed by atoms with van der Waals surface area (Å²) >= 11 is 5.64. The number of benzene rings is 1. The van der Waals surface area contributed by atoms with Gasteiger partial charge in [-0.2, -0.15) is 0 Å². The number of esters is 1. The molecule has 0 fully saturated rings. The Morgan fingerprint density at radius 1 is 1.35 bits per heavy atom. The van der Waals surface area contributed by atoms with Crippen LogP contribution in [0.1, 0.15) is 5.56 Å². The number of hydrogen-bond donors (Lipinski definition) is 1. The van der Waals surface area contributed by atoms with Crippen LogP contribution in [0.4, 0.5) is 0 Å². The molecule has 1 heterocycles. The molecule has 17 heavy (non-hydrogen) atoms. The molecule has 1 N–H and O–H groups in total. The van der Waals surface area contributed by atoms with Gasteiger partial charge in [-0.1, -0.05) is 41.9 Å².